The Morgan fingerprint density at radius 3 is 2.82 bits per heavy atom. The molecule has 2 heterocycles. The van der Waals surface area contributed by atoms with Crippen molar-refractivity contribution in [2.75, 3.05) is 41.4 Å². The van der Waals surface area contributed by atoms with E-state index >= 15 is 0 Å². The maximum absolute atomic E-state index is 4.59. The lowest BCUT2D eigenvalue weighted by Gasteiger charge is -2.27. The Labute approximate surface area is 107 Å². The molecular weight excluding hydrogens is 232 g/mol. The molecule has 1 aromatic rings. The molecule has 2 rings (SSSR count). The number of nitrogens with one attached hydrogen (secondary N) is 1. The zero-order valence-electron chi connectivity index (χ0n) is 10.6. The Morgan fingerprint density at radius 2 is 2.12 bits per heavy atom. The molecule has 0 spiro atoms. The first-order chi connectivity index (χ1) is 8.29. The van der Waals surface area contributed by atoms with Crippen LogP contribution >= 0.6 is 11.8 Å². The average molecular weight is 252 g/mol. The van der Waals surface area contributed by atoms with Gasteiger partial charge in [-0.15, -0.1) is 0 Å². The lowest BCUT2D eigenvalue weighted by molar-refractivity contribution is 0.830. The fourth-order valence-corrected chi connectivity index (χ4v) is 2.73. The van der Waals surface area contributed by atoms with Gasteiger partial charge in [0.05, 0.1) is 0 Å². The van der Waals surface area contributed by atoms with Gasteiger partial charge in [0, 0.05) is 42.9 Å². The van der Waals surface area contributed by atoms with Gasteiger partial charge in [0.1, 0.15) is 5.82 Å². The third-order valence-electron chi connectivity index (χ3n) is 2.71. The molecule has 17 heavy (non-hydrogen) atoms. The van der Waals surface area contributed by atoms with Crippen molar-refractivity contribution in [2.45, 2.75) is 20.3 Å². The van der Waals surface area contributed by atoms with Crippen LogP contribution in [-0.2, 0) is 0 Å². The summed E-state index contributed by atoms with van der Waals surface area (Å²) in [5.41, 5.74) is 1.03. The zero-order valence-corrected chi connectivity index (χ0v) is 11.4. The van der Waals surface area contributed by atoms with E-state index in [0.717, 1.165) is 43.5 Å². The Kier molecular flexibility index (Phi) is 4.48. The van der Waals surface area contributed by atoms with Crippen molar-refractivity contribution in [3.05, 3.63) is 11.8 Å². The van der Waals surface area contributed by atoms with Gasteiger partial charge in [0.25, 0.3) is 0 Å². The minimum absolute atomic E-state index is 0.764. The molecule has 1 aliphatic heterocycles. The molecule has 0 atom stereocenters. The second-order valence-electron chi connectivity index (χ2n) is 4.22. The van der Waals surface area contributed by atoms with Gasteiger partial charge in [-0.2, -0.15) is 16.7 Å². The summed E-state index contributed by atoms with van der Waals surface area (Å²) in [5.74, 6) is 4.22. The van der Waals surface area contributed by atoms with Gasteiger partial charge >= 0.3 is 0 Å². The molecule has 0 radical (unpaired) electrons. The summed E-state index contributed by atoms with van der Waals surface area (Å²) in [6.45, 7) is 7.29. The molecule has 0 aliphatic carbocycles. The smallest absolute Gasteiger partial charge is 0.224 e. The van der Waals surface area contributed by atoms with Gasteiger partial charge in [0.15, 0.2) is 0 Å². The monoisotopic (exact) mass is 252 g/mol. The molecule has 0 bridgehead atoms. The van der Waals surface area contributed by atoms with E-state index < -0.39 is 0 Å². The van der Waals surface area contributed by atoms with Crippen LogP contribution in [0.4, 0.5) is 11.8 Å². The average Bonchev–Trinajstić information content (AvgIpc) is 2.37. The minimum atomic E-state index is 0.764. The van der Waals surface area contributed by atoms with Crippen LogP contribution in [0, 0.1) is 6.92 Å². The van der Waals surface area contributed by atoms with Crippen LogP contribution < -0.4 is 10.2 Å². The van der Waals surface area contributed by atoms with Crippen molar-refractivity contribution >= 4 is 23.5 Å². The summed E-state index contributed by atoms with van der Waals surface area (Å²) < 4.78 is 0. The van der Waals surface area contributed by atoms with Crippen molar-refractivity contribution in [2.24, 2.45) is 0 Å². The molecule has 1 fully saturated rings. The maximum atomic E-state index is 4.59. The molecule has 1 aromatic heterocycles. The number of anilines is 2. The molecule has 0 unspecified atom stereocenters. The molecular formula is C12H20N4S. The summed E-state index contributed by atoms with van der Waals surface area (Å²) in [6, 6.07) is 2.08. The zero-order chi connectivity index (χ0) is 12.1. The topological polar surface area (TPSA) is 41.1 Å². The van der Waals surface area contributed by atoms with Crippen LogP contribution in [0.5, 0.6) is 0 Å². The highest BCUT2D eigenvalue weighted by molar-refractivity contribution is 7.99. The van der Waals surface area contributed by atoms with E-state index in [0.29, 0.717) is 0 Å². The largest absolute Gasteiger partial charge is 0.355 e. The van der Waals surface area contributed by atoms with Gasteiger partial charge in [-0.05, 0) is 13.3 Å². The quantitative estimate of drug-likeness (QED) is 0.889. The molecule has 0 saturated carbocycles. The molecule has 0 amide bonds. The summed E-state index contributed by atoms with van der Waals surface area (Å²) in [4.78, 5) is 11.4. The molecule has 0 aromatic carbocycles. The van der Waals surface area contributed by atoms with Crippen LogP contribution in [0.2, 0.25) is 0 Å². The van der Waals surface area contributed by atoms with E-state index in [1.807, 2.05) is 18.7 Å². The van der Waals surface area contributed by atoms with Crippen LogP contribution in [0.1, 0.15) is 19.0 Å². The van der Waals surface area contributed by atoms with Crippen LogP contribution in [-0.4, -0.2) is 41.1 Å². The maximum Gasteiger partial charge on any atom is 0.224 e. The number of aromatic nitrogens is 2. The van der Waals surface area contributed by atoms with Gasteiger partial charge in [0.2, 0.25) is 5.95 Å². The fraction of sp³-hybridized carbons (Fsp3) is 0.667. The lowest BCUT2D eigenvalue weighted by Crippen LogP contribution is -2.33. The van der Waals surface area contributed by atoms with Gasteiger partial charge < -0.3 is 10.2 Å². The predicted octanol–water partition coefficient (Wildman–Crippen LogP) is 2.16. The third-order valence-corrected chi connectivity index (χ3v) is 3.65. The number of hydrogen-bond donors (Lipinski definition) is 1. The van der Waals surface area contributed by atoms with Crippen LogP contribution in [0.15, 0.2) is 6.07 Å². The molecule has 1 N–H and O–H groups in total. The van der Waals surface area contributed by atoms with E-state index in [4.69, 9.17) is 0 Å². The highest BCUT2D eigenvalue weighted by atomic mass is 32.2. The number of rotatable bonds is 4. The van der Waals surface area contributed by atoms with E-state index in [9.17, 15) is 0 Å². The Hall–Kier alpha value is -0.970. The lowest BCUT2D eigenvalue weighted by atomic mass is 10.4. The standard InChI is InChI=1S/C12H20N4S/c1-3-4-13-12-14-10(2)9-11(15-12)16-5-7-17-8-6-16/h9H,3-8H2,1-2H3,(H,13,14,15). The predicted molar refractivity (Wildman–Crippen MR) is 75.1 cm³/mol. The van der Waals surface area contributed by atoms with E-state index in [1.54, 1.807) is 0 Å². The Balaban J connectivity index is 2.12. The molecule has 94 valence electrons. The Morgan fingerprint density at radius 1 is 1.35 bits per heavy atom. The fourth-order valence-electron chi connectivity index (χ4n) is 1.82. The number of hydrogen-bond acceptors (Lipinski definition) is 5. The van der Waals surface area contributed by atoms with Crippen LogP contribution in [0.25, 0.3) is 0 Å². The van der Waals surface area contributed by atoms with Crippen LogP contribution in [0.3, 0.4) is 0 Å². The first-order valence-corrected chi connectivity index (χ1v) is 7.37. The number of thioether (sulfide) groups is 1. The van der Waals surface area contributed by atoms with Gasteiger partial charge in [-0.3, -0.25) is 0 Å². The van der Waals surface area contributed by atoms with Gasteiger partial charge in [-0.1, -0.05) is 6.92 Å². The van der Waals surface area contributed by atoms with Crippen molar-refractivity contribution in [3.63, 3.8) is 0 Å². The van der Waals surface area contributed by atoms with Gasteiger partial charge in [-0.25, -0.2) is 4.98 Å². The minimum Gasteiger partial charge on any atom is -0.355 e. The van der Waals surface area contributed by atoms with Crippen molar-refractivity contribution in [1.82, 2.24) is 9.97 Å². The van der Waals surface area contributed by atoms with Crippen molar-refractivity contribution < 1.29 is 0 Å². The molecule has 1 aliphatic rings. The summed E-state index contributed by atoms with van der Waals surface area (Å²) >= 11 is 2.01. The van der Waals surface area contributed by atoms with Crippen molar-refractivity contribution in [3.8, 4) is 0 Å². The third kappa shape index (κ3) is 3.49. The van der Waals surface area contributed by atoms with E-state index in [2.05, 4.69) is 33.2 Å². The first kappa shape index (κ1) is 12.5. The van der Waals surface area contributed by atoms with E-state index in [1.165, 1.54) is 11.5 Å². The number of nitrogens with zero attached hydrogens (tertiary/aromatic N) is 3. The SMILES string of the molecule is CCCNc1nc(C)cc(N2CCSCC2)n1. The second kappa shape index (κ2) is 6.10. The highest BCUT2D eigenvalue weighted by Crippen LogP contribution is 2.19. The molecule has 4 nitrogen and oxygen atoms in total. The first-order valence-electron chi connectivity index (χ1n) is 6.22. The molecule has 5 heteroatoms. The summed E-state index contributed by atoms with van der Waals surface area (Å²) in [6.07, 6.45) is 1.09. The molecule has 1 saturated heterocycles. The normalized spacial score (nSPS) is 16.0. The summed E-state index contributed by atoms with van der Waals surface area (Å²) in [5, 5.41) is 3.26. The number of aryl methyl sites for hydroxylation is 1. The second-order valence-corrected chi connectivity index (χ2v) is 5.44. The Bertz CT molecular complexity index is 364. The highest BCUT2D eigenvalue weighted by Gasteiger charge is 2.13. The summed E-state index contributed by atoms with van der Waals surface area (Å²) in [7, 11) is 0. The van der Waals surface area contributed by atoms with E-state index in [-0.39, 0.29) is 0 Å². The van der Waals surface area contributed by atoms with Crippen molar-refractivity contribution in [1.29, 1.82) is 0 Å².